The summed E-state index contributed by atoms with van der Waals surface area (Å²) in [5.74, 6) is 0.818. The number of benzene rings is 2. The lowest BCUT2D eigenvalue weighted by atomic mass is 10.0. The first kappa shape index (κ1) is 28.0. The highest BCUT2D eigenvalue weighted by Crippen LogP contribution is 2.35. The third-order valence-electron chi connectivity index (χ3n) is 9.13. The van der Waals surface area contributed by atoms with Gasteiger partial charge in [0.05, 0.1) is 30.8 Å². The maximum absolute atomic E-state index is 11.9. The molecule has 42 heavy (non-hydrogen) atoms. The van der Waals surface area contributed by atoms with Gasteiger partial charge in [-0.25, -0.2) is 4.79 Å². The molecule has 1 aromatic heterocycles. The lowest BCUT2D eigenvalue weighted by Gasteiger charge is -2.40. The van der Waals surface area contributed by atoms with E-state index in [1.54, 1.807) is 0 Å². The Kier molecular flexibility index (Phi) is 8.02. The van der Waals surface area contributed by atoms with Crippen LogP contribution < -0.4 is 14.5 Å². The van der Waals surface area contributed by atoms with Gasteiger partial charge < -0.3 is 29.4 Å². The fraction of sp³-hybridized carbons (Fsp3) is 0.500. The topological polar surface area (TPSA) is 109 Å². The number of hydrogen-bond donors (Lipinski definition) is 1. The zero-order valence-electron chi connectivity index (χ0n) is 24.5. The number of piperazine rings is 1. The SMILES string of the molecule is Cc1cccc2c(N3CCCc4c(nc(OC[C@@H]5CCCN5C)nc4N4CCN(C(=O)O)[C@@H](CC#N)C4)C3)cccc12. The van der Waals surface area contributed by atoms with Crippen LogP contribution >= 0.6 is 0 Å². The molecule has 0 aliphatic carbocycles. The molecule has 4 heterocycles. The van der Waals surface area contributed by atoms with Crippen molar-refractivity contribution in [2.24, 2.45) is 0 Å². The second-order valence-electron chi connectivity index (χ2n) is 11.8. The van der Waals surface area contributed by atoms with Gasteiger partial charge in [-0.15, -0.1) is 0 Å². The zero-order valence-corrected chi connectivity index (χ0v) is 24.5. The molecule has 3 aliphatic rings. The summed E-state index contributed by atoms with van der Waals surface area (Å²) < 4.78 is 6.29. The Hall–Kier alpha value is -4.10. The first-order valence-electron chi connectivity index (χ1n) is 15.0. The summed E-state index contributed by atoms with van der Waals surface area (Å²) in [7, 11) is 2.13. The van der Waals surface area contributed by atoms with Crippen molar-refractivity contribution in [2.45, 2.75) is 57.7 Å². The van der Waals surface area contributed by atoms with Crippen LogP contribution in [0.4, 0.5) is 16.3 Å². The third kappa shape index (κ3) is 5.53. The summed E-state index contributed by atoms with van der Waals surface area (Å²) in [6, 6.07) is 15.4. The Morgan fingerprint density at radius 2 is 1.88 bits per heavy atom. The second kappa shape index (κ2) is 12.0. The maximum atomic E-state index is 11.9. The molecule has 3 aliphatic heterocycles. The van der Waals surface area contributed by atoms with Gasteiger partial charge >= 0.3 is 12.1 Å². The van der Waals surface area contributed by atoms with Crippen LogP contribution in [0.5, 0.6) is 6.01 Å². The minimum absolute atomic E-state index is 0.141. The molecular weight excluding hydrogens is 530 g/mol. The number of carboxylic acid groups (broad SMARTS) is 1. The van der Waals surface area contributed by atoms with Crippen LogP contribution in [0.25, 0.3) is 10.8 Å². The Morgan fingerprint density at radius 3 is 2.67 bits per heavy atom. The van der Waals surface area contributed by atoms with E-state index in [0.717, 1.165) is 55.8 Å². The van der Waals surface area contributed by atoms with E-state index < -0.39 is 12.1 Å². The van der Waals surface area contributed by atoms with Crippen molar-refractivity contribution in [1.82, 2.24) is 19.8 Å². The number of likely N-dealkylation sites (tertiary alicyclic amines) is 1. The van der Waals surface area contributed by atoms with Crippen LogP contribution in [0.15, 0.2) is 36.4 Å². The van der Waals surface area contributed by atoms with Gasteiger partial charge in [0.25, 0.3) is 0 Å². The number of carbonyl (C=O) groups is 1. The molecule has 2 atom stereocenters. The van der Waals surface area contributed by atoms with Gasteiger partial charge in [0, 0.05) is 48.9 Å². The number of hydrogen-bond acceptors (Lipinski definition) is 8. The predicted octanol–water partition coefficient (Wildman–Crippen LogP) is 4.45. The molecule has 0 radical (unpaired) electrons. The van der Waals surface area contributed by atoms with Crippen LogP contribution in [-0.4, -0.2) is 89.4 Å². The van der Waals surface area contributed by atoms with Crippen LogP contribution in [0.2, 0.25) is 0 Å². The van der Waals surface area contributed by atoms with E-state index in [-0.39, 0.29) is 6.42 Å². The highest BCUT2D eigenvalue weighted by molar-refractivity contribution is 5.96. The minimum Gasteiger partial charge on any atom is -0.465 e. The molecule has 1 N–H and O–H groups in total. The normalized spacial score (nSPS) is 21.2. The van der Waals surface area contributed by atoms with E-state index in [1.807, 2.05) is 0 Å². The predicted molar refractivity (Wildman–Crippen MR) is 162 cm³/mol. The van der Waals surface area contributed by atoms with Gasteiger partial charge in [-0.05, 0) is 63.2 Å². The van der Waals surface area contributed by atoms with Gasteiger partial charge in [-0.2, -0.15) is 15.2 Å². The molecule has 2 saturated heterocycles. The van der Waals surface area contributed by atoms with E-state index >= 15 is 0 Å². The molecule has 220 valence electrons. The van der Waals surface area contributed by atoms with Crippen molar-refractivity contribution in [1.29, 1.82) is 5.26 Å². The molecule has 3 aromatic rings. The quantitative estimate of drug-likeness (QED) is 0.461. The smallest absolute Gasteiger partial charge is 0.407 e. The number of aryl methyl sites for hydroxylation is 1. The van der Waals surface area contributed by atoms with Gasteiger partial charge in [0.15, 0.2) is 0 Å². The van der Waals surface area contributed by atoms with Crippen LogP contribution in [0, 0.1) is 18.3 Å². The number of ether oxygens (including phenoxy) is 1. The molecule has 0 spiro atoms. The first-order valence-corrected chi connectivity index (χ1v) is 15.0. The molecule has 0 unspecified atom stereocenters. The molecule has 1 amide bonds. The van der Waals surface area contributed by atoms with Gasteiger partial charge in [-0.1, -0.05) is 30.3 Å². The summed E-state index contributed by atoms with van der Waals surface area (Å²) in [6.07, 6.45) is 3.17. The summed E-state index contributed by atoms with van der Waals surface area (Å²) >= 11 is 0. The Balaban J connectivity index is 1.36. The number of anilines is 2. The van der Waals surface area contributed by atoms with Crippen molar-refractivity contribution in [3.8, 4) is 12.1 Å². The molecular formula is C32H39N7O3. The monoisotopic (exact) mass is 569 g/mol. The number of likely N-dealkylation sites (N-methyl/N-ethyl adjacent to an activating group) is 1. The Morgan fingerprint density at radius 1 is 1.05 bits per heavy atom. The zero-order chi connectivity index (χ0) is 29.2. The third-order valence-corrected chi connectivity index (χ3v) is 9.13. The van der Waals surface area contributed by atoms with Gasteiger partial charge in [0.1, 0.15) is 12.4 Å². The summed E-state index contributed by atoms with van der Waals surface area (Å²) in [5, 5.41) is 21.7. The number of nitriles is 1. The number of fused-ring (bicyclic) bond motifs is 2. The highest BCUT2D eigenvalue weighted by Gasteiger charge is 2.34. The van der Waals surface area contributed by atoms with Crippen LogP contribution in [0.1, 0.15) is 42.5 Å². The number of amides is 1. The van der Waals surface area contributed by atoms with Crippen molar-refractivity contribution in [3.05, 3.63) is 53.2 Å². The molecule has 10 heteroatoms. The van der Waals surface area contributed by atoms with Crippen molar-refractivity contribution in [2.75, 3.05) is 56.2 Å². The lowest BCUT2D eigenvalue weighted by molar-refractivity contribution is 0.119. The second-order valence-corrected chi connectivity index (χ2v) is 11.8. The fourth-order valence-corrected chi connectivity index (χ4v) is 6.79. The van der Waals surface area contributed by atoms with E-state index in [2.05, 4.69) is 71.1 Å². The summed E-state index contributed by atoms with van der Waals surface area (Å²) in [4.78, 5) is 30.1. The standard InChI is InChI=1S/C32H39N7O3/c1-22-7-3-10-26-25(22)9-4-12-29(26)37-16-6-11-27-28(20-37)34-31(42-21-24-8-5-15-36(24)2)35-30(27)38-17-18-39(32(40)41)23(19-38)13-14-33/h3-4,7,9-10,12,23-24H,5-6,8,11,13,15-21H2,1-2H3,(H,40,41)/t23-,24-/m0/s1. The molecule has 0 bridgehead atoms. The first-order chi connectivity index (χ1) is 20.4. The summed E-state index contributed by atoms with van der Waals surface area (Å²) in [5.41, 5.74) is 4.51. The van der Waals surface area contributed by atoms with E-state index in [0.29, 0.717) is 44.8 Å². The van der Waals surface area contributed by atoms with Crippen molar-refractivity contribution in [3.63, 3.8) is 0 Å². The lowest BCUT2D eigenvalue weighted by Crippen LogP contribution is -2.55. The fourth-order valence-electron chi connectivity index (χ4n) is 6.79. The van der Waals surface area contributed by atoms with Crippen molar-refractivity contribution >= 4 is 28.4 Å². The molecule has 2 aromatic carbocycles. The van der Waals surface area contributed by atoms with E-state index in [4.69, 9.17) is 14.7 Å². The Bertz CT molecular complexity index is 1510. The number of rotatable bonds is 6. The van der Waals surface area contributed by atoms with Crippen LogP contribution in [-0.2, 0) is 13.0 Å². The number of nitrogens with zero attached hydrogens (tertiary/aromatic N) is 7. The average molecular weight is 570 g/mol. The van der Waals surface area contributed by atoms with Crippen molar-refractivity contribution < 1.29 is 14.6 Å². The minimum atomic E-state index is -0.984. The van der Waals surface area contributed by atoms with Gasteiger partial charge in [-0.3, -0.25) is 0 Å². The van der Waals surface area contributed by atoms with E-state index in [9.17, 15) is 15.2 Å². The maximum Gasteiger partial charge on any atom is 0.407 e. The molecule has 0 saturated carbocycles. The number of aromatic nitrogens is 2. The molecule has 2 fully saturated rings. The Labute approximate surface area is 247 Å². The van der Waals surface area contributed by atoms with Gasteiger partial charge in [0.2, 0.25) is 0 Å². The molecule has 6 rings (SSSR count). The average Bonchev–Trinajstić information content (AvgIpc) is 3.27. The highest BCUT2D eigenvalue weighted by atomic mass is 16.5. The summed E-state index contributed by atoms with van der Waals surface area (Å²) in [6.45, 7) is 6.52. The largest absolute Gasteiger partial charge is 0.465 e. The molecule has 10 nitrogen and oxygen atoms in total. The van der Waals surface area contributed by atoms with E-state index in [1.165, 1.54) is 26.9 Å². The van der Waals surface area contributed by atoms with Crippen LogP contribution in [0.3, 0.4) is 0 Å².